The highest BCUT2D eigenvalue weighted by atomic mass is 16.2. The van der Waals surface area contributed by atoms with Crippen LogP contribution in [-0.4, -0.2) is 30.3 Å². The van der Waals surface area contributed by atoms with Crippen molar-refractivity contribution < 1.29 is 9.59 Å². The number of aryl methyl sites for hydroxylation is 3. The van der Waals surface area contributed by atoms with Crippen LogP contribution in [0.2, 0.25) is 0 Å². The van der Waals surface area contributed by atoms with Crippen LogP contribution in [0.25, 0.3) is 0 Å². The Kier molecular flexibility index (Phi) is 5.74. The molecule has 24 heavy (non-hydrogen) atoms. The fourth-order valence-electron chi connectivity index (χ4n) is 2.58. The molecule has 2 amide bonds. The van der Waals surface area contributed by atoms with Gasteiger partial charge in [0.15, 0.2) is 0 Å². The molecule has 2 aromatic carbocycles. The quantitative estimate of drug-likeness (QED) is 0.914. The molecule has 2 aromatic rings. The third-order valence-electron chi connectivity index (χ3n) is 4.08. The van der Waals surface area contributed by atoms with Gasteiger partial charge in [0.05, 0.1) is 6.54 Å². The minimum Gasteiger partial charge on any atom is -0.332 e. The first-order chi connectivity index (χ1) is 11.4. The lowest BCUT2D eigenvalue weighted by atomic mass is 10.1. The van der Waals surface area contributed by atoms with E-state index in [1.54, 1.807) is 19.2 Å². The van der Waals surface area contributed by atoms with Crippen LogP contribution >= 0.6 is 0 Å². The molecule has 0 radical (unpaired) electrons. The Morgan fingerprint density at radius 2 is 1.58 bits per heavy atom. The van der Waals surface area contributed by atoms with Crippen molar-refractivity contribution in [3.63, 3.8) is 0 Å². The highest BCUT2D eigenvalue weighted by Gasteiger charge is 2.16. The predicted octanol–water partition coefficient (Wildman–Crippen LogP) is 3.58. The van der Waals surface area contributed by atoms with Gasteiger partial charge in [-0.1, -0.05) is 37.3 Å². The van der Waals surface area contributed by atoms with Crippen LogP contribution in [-0.2, 0) is 11.2 Å². The number of likely N-dealkylation sites (N-methyl/N-ethyl adjacent to an activating group) is 1. The summed E-state index contributed by atoms with van der Waals surface area (Å²) in [6, 6.07) is 13.4. The zero-order valence-electron chi connectivity index (χ0n) is 14.7. The van der Waals surface area contributed by atoms with Crippen molar-refractivity contribution in [1.82, 2.24) is 4.90 Å². The van der Waals surface area contributed by atoms with Crippen LogP contribution in [0.4, 0.5) is 5.69 Å². The summed E-state index contributed by atoms with van der Waals surface area (Å²) in [5, 5.41) is 2.90. The number of nitrogens with zero attached hydrogens (tertiary/aromatic N) is 1. The molecule has 0 aliphatic rings. The van der Waals surface area contributed by atoms with Crippen LogP contribution in [0.3, 0.4) is 0 Å². The topological polar surface area (TPSA) is 49.4 Å². The molecule has 4 nitrogen and oxygen atoms in total. The minimum atomic E-state index is -0.201. The van der Waals surface area contributed by atoms with E-state index in [0.29, 0.717) is 5.56 Å². The van der Waals surface area contributed by atoms with Gasteiger partial charge in [-0.3, -0.25) is 9.59 Å². The Morgan fingerprint density at radius 3 is 2.12 bits per heavy atom. The lowest BCUT2D eigenvalue weighted by molar-refractivity contribution is -0.116. The summed E-state index contributed by atoms with van der Waals surface area (Å²) in [6.07, 6.45) is 0.933. The summed E-state index contributed by atoms with van der Waals surface area (Å²) in [6.45, 7) is 5.99. The van der Waals surface area contributed by atoms with E-state index in [1.165, 1.54) is 10.5 Å². The van der Waals surface area contributed by atoms with Gasteiger partial charge in [-0.05, 0) is 49.1 Å². The maximum absolute atomic E-state index is 12.4. The van der Waals surface area contributed by atoms with Crippen molar-refractivity contribution in [2.45, 2.75) is 27.2 Å². The van der Waals surface area contributed by atoms with Crippen molar-refractivity contribution in [2.24, 2.45) is 0 Å². The minimum absolute atomic E-state index is 0.0160. The summed E-state index contributed by atoms with van der Waals surface area (Å²) < 4.78 is 0. The molecule has 0 spiro atoms. The summed E-state index contributed by atoms with van der Waals surface area (Å²) in [5.74, 6) is -0.359. The van der Waals surface area contributed by atoms with Gasteiger partial charge >= 0.3 is 0 Å². The van der Waals surface area contributed by atoms with Gasteiger partial charge in [-0.15, -0.1) is 0 Å². The van der Waals surface area contributed by atoms with E-state index >= 15 is 0 Å². The molecule has 1 N–H and O–H groups in total. The predicted molar refractivity (Wildman–Crippen MR) is 97.3 cm³/mol. The van der Waals surface area contributed by atoms with Crippen LogP contribution in [0.5, 0.6) is 0 Å². The maximum Gasteiger partial charge on any atom is 0.254 e. The van der Waals surface area contributed by atoms with Crippen molar-refractivity contribution >= 4 is 17.5 Å². The zero-order valence-corrected chi connectivity index (χ0v) is 14.7. The fourth-order valence-corrected chi connectivity index (χ4v) is 2.58. The smallest absolute Gasteiger partial charge is 0.254 e. The number of rotatable bonds is 5. The number of hydrogen-bond acceptors (Lipinski definition) is 2. The normalized spacial score (nSPS) is 10.3. The maximum atomic E-state index is 12.4. The number of amides is 2. The zero-order chi connectivity index (χ0) is 17.7. The molecule has 0 bridgehead atoms. The van der Waals surface area contributed by atoms with E-state index in [9.17, 15) is 9.59 Å². The number of nitrogens with one attached hydrogen (secondary N) is 1. The van der Waals surface area contributed by atoms with Gasteiger partial charge in [0.25, 0.3) is 5.91 Å². The fraction of sp³-hybridized carbons (Fsp3) is 0.300. The van der Waals surface area contributed by atoms with Crippen LogP contribution in [0, 0.1) is 13.8 Å². The highest BCUT2D eigenvalue weighted by Crippen LogP contribution is 2.19. The number of anilines is 1. The molecule has 0 heterocycles. The molecule has 0 saturated heterocycles. The Morgan fingerprint density at radius 1 is 1.00 bits per heavy atom. The Hall–Kier alpha value is -2.62. The van der Waals surface area contributed by atoms with E-state index in [4.69, 9.17) is 0 Å². The molecule has 0 aromatic heterocycles. The van der Waals surface area contributed by atoms with Gasteiger partial charge in [0.1, 0.15) is 0 Å². The Labute approximate surface area is 143 Å². The molecular weight excluding hydrogens is 300 g/mol. The monoisotopic (exact) mass is 324 g/mol. The number of benzene rings is 2. The Balaban J connectivity index is 2.01. The van der Waals surface area contributed by atoms with E-state index < -0.39 is 0 Å². The van der Waals surface area contributed by atoms with E-state index in [0.717, 1.165) is 23.2 Å². The molecule has 0 atom stereocenters. The third-order valence-corrected chi connectivity index (χ3v) is 4.08. The SMILES string of the molecule is CCc1ccc(C(=O)N(C)CC(=O)Nc2c(C)cccc2C)cc1. The average molecular weight is 324 g/mol. The van der Waals surface area contributed by atoms with Crippen molar-refractivity contribution in [2.75, 3.05) is 18.9 Å². The standard InChI is InChI=1S/C20H24N2O2/c1-5-16-9-11-17(12-10-16)20(24)22(4)13-18(23)21-19-14(2)7-6-8-15(19)3/h6-12H,5,13H2,1-4H3,(H,21,23). The molecule has 126 valence electrons. The van der Waals surface area contributed by atoms with Crippen LogP contribution in [0.15, 0.2) is 42.5 Å². The first-order valence-electron chi connectivity index (χ1n) is 8.12. The average Bonchev–Trinajstić information content (AvgIpc) is 2.57. The van der Waals surface area contributed by atoms with Gasteiger partial charge in [0.2, 0.25) is 5.91 Å². The third kappa shape index (κ3) is 4.22. The molecule has 0 saturated carbocycles. The number of carbonyl (C=O) groups is 2. The molecule has 4 heteroatoms. The molecule has 2 rings (SSSR count). The summed E-state index contributed by atoms with van der Waals surface area (Å²) >= 11 is 0. The summed E-state index contributed by atoms with van der Waals surface area (Å²) in [5.41, 5.74) is 4.60. The highest BCUT2D eigenvalue weighted by molar-refractivity contribution is 5.99. The largest absolute Gasteiger partial charge is 0.332 e. The van der Waals surface area contributed by atoms with E-state index in [2.05, 4.69) is 12.2 Å². The Bertz CT molecular complexity index is 716. The van der Waals surface area contributed by atoms with Gasteiger partial charge < -0.3 is 10.2 Å². The van der Waals surface area contributed by atoms with Crippen molar-refractivity contribution in [1.29, 1.82) is 0 Å². The second-order valence-corrected chi connectivity index (χ2v) is 6.03. The molecule has 0 aliphatic heterocycles. The first-order valence-corrected chi connectivity index (χ1v) is 8.12. The van der Waals surface area contributed by atoms with Crippen molar-refractivity contribution in [3.05, 3.63) is 64.7 Å². The number of hydrogen-bond donors (Lipinski definition) is 1. The second kappa shape index (κ2) is 7.77. The van der Waals surface area contributed by atoms with Crippen LogP contribution < -0.4 is 5.32 Å². The molecule has 0 unspecified atom stereocenters. The number of para-hydroxylation sites is 1. The van der Waals surface area contributed by atoms with Crippen LogP contribution in [0.1, 0.15) is 34.0 Å². The molecule has 0 aliphatic carbocycles. The summed E-state index contributed by atoms with van der Waals surface area (Å²) in [7, 11) is 1.64. The first kappa shape index (κ1) is 17.7. The van der Waals surface area contributed by atoms with Gasteiger partial charge in [-0.25, -0.2) is 0 Å². The van der Waals surface area contributed by atoms with Crippen molar-refractivity contribution in [3.8, 4) is 0 Å². The van der Waals surface area contributed by atoms with Gasteiger partial charge in [0, 0.05) is 18.3 Å². The van der Waals surface area contributed by atoms with E-state index in [1.807, 2.05) is 44.2 Å². The molecular formula is C20H24N2O2. The summed E-state index contributed by atoms with van der Waals surface area (Å²) in [4.78, 5) is 26.1. The number of carbonyl (C=O) groups excluding carboxylic acids is 2. The second-order valence-electron chi connectivity index (χ2n) is 6.03. The lowest BCUT2D eigenvalue weighted by Crippen LogP contribution is -2.35. The lowest BCUT2D eigenvalue weighted by Gasteiger charge is -2.18. The van der Waals surface area contributed by atoms with Gasteiger partial charge in [-0.2, -0.15) is 0 Å². The molecule has 0 fully saturated rings. The van der Waals surface area contributed by atoms with E-state index in [-0.39, 0.29) is 18.4 Å².